The van der Waals surface area contributed by atoms with E-state index in [0.717, 1.165) is 0 Å². The van der Waals surface area contributed by atoms with Gasteiger partial charge in [-0.1, -0.05) is 65.2 Å². The van der Waals surface area contributed by atoms with E-state index >= 15 is 0 Å². The summed E-state index contributed by atoms with van der Waals surface area (Å²) in [7, 11) is 0. The van der Waals surface area contributed by atoms with Crippen LogP contribution in [0.2, 0.25) is 0 Å². The van der Waals surface area contributed by atoms with E-state index in [9.17, 15) is 0 Å². The first-order chi connectivity index (χ1) is 6.41. The van der Waals surface area contributed by atoms with Gasteiger partial charge in [0.15, 0.2) is 0 Å². The molecular weight excluding hydrogens is 163 g/mol. The fourth-order valence-corrected chi connectivity index (χ4v) is 1.58. The molecule has 0 bridgehead atoms. The van der Waals surface area contributed by atoms with Gasteiger partial charge in [0.2, 0.25) is 0 Å². The molecule has 1 fully saturated rings. The fraction of sp³-hybridized carbons (Fsp3) is 0.923. The van der Waals surface area contributed by atoms with Crippen molar-refractivity contribution in [3.63, 3.8) is 0 Å². The maximum absolute atomic E-state index is 2.39. The number of hydrogen-bond donors (Lipinski definition) is 0. The van der Waals surface area contributed by atoms with E-state index in [-0.39, 0.29) is 18.9 Å². The van der Waals surface area contributed by atoms with Crippen molar-refractivity contribution >= 4 is 0 Å². The topological polar surface area (TPSA) is 0 Å². The predicted octanol–water partition coefficient (Wildman–Crippen LogP) is 2.14. The van der Waals surface area contributed by atoms with Crippen molar-refractivity contribution < 1.29 is 18.9 Å². The van der Waals surface area contributed by atoms with E-state index in [2.05, 4.69) is 20.3 Å². The molecule has 0 aliphatic heterocycles. The van der Waals surface area contributed by atoms with Crippen molar-refractivity contribution in [2.24, 2.45) is 0 Å². The van der Waals surface area contributed by atoms with Gasteiger partial charge in [0.1, 0.15) is 0 Å². The monoisotopic (exact) mass is 190 g/mol. The molecule has 14 heavy (non-hydrogen) atoms. The first-order valence-electron chi connectivity index (χ1n) is 6.23. The van der Waals surface area contributed by atoms with Crippen LogP contribution in [0, 0.1) is 6.42 Å². The van der Waals surface area contributed by atoms with Crippen LogP contribution in [0.5, 0.6) is 0 Å². The number of unbranched alkanes of at least 4 members (excludes halogenated alkanes) is 4. The Balaban J connectivity index is 0. The van der Waals surface area contributed by atoms with Gasteiger partial charge in [-0.25, -0.2) is 0 Å². The smallest absolute Gasteiger partial charge is 0.328 e. The van der Waals surface area contributed by atoms with E-state index < -0.39 is 0 Å². The van der Waals surface area contributed by atoms with Gasteiger partial charge >= 0.3 is 18.9 Å². The summed E-state index contributed by atoms with van der Waals surface area (Å²) in [6.07, 6.45) is 16.5. The first-order valence-corrected chi connectivity index (χ1v) is 6.23. The molecule has 0 spiro atoms. The van der Waals surface area contributed by atoms with Crippen LogP contribution >= 0.6 is 0 Å². The third-order valence-electron chi connectivity index (χ3n) is 2.52. The largest absolute Gasteiger partial charge is 1.00 e. The summed E-state index contributed by atoms with van der Waals surface area (Å²) in [5, 5.41) is 0. The van der Waals surface area contributed by atoms with E-state index in [1.165, 1.54) is 64.2 Å². The van der Waals surface area contributed by atoms with Gasteiger partial charge in [0.05, 0.1) is 0 Å². The minimum atomic E-state index is 0. The van der Waals surface area contributed by atoms with Crippen LogP contribution in [0.25, 0.3) is 0 Å². The van der Waals surface area contributed by atoms with Gasteiger partial charge in [-0.2, -0.15) is 12.8 Å². The second-order valence-electron chi connectivity index (χ2n) is 3.99. The molecule has 1 rings (SSSR count). The molecule has 0 aromatic heterocycles. The molecule has 0 saturated heterocycles. The van der Waals surface area contributed by atoms with Crippen molar-refractivity contribution in [2.45, 2.75) is 78.1 Å². The Hall–Kier alpha value is 0.597. The molecule has 1 aliphatic rings. The molecule has 0 amide bonds. The SMILES string of the molecule is CCCCCCC.[CH-]1CCCCC1.[Li+]. The molecule has 0 atom stereocenters. The Morgan fingerprint density at radius 2 is 1.29 bits per heavy atom. The minimum Gasteiger partial charge on any atom is -0.328 e. The molecule has 0 radical (unpaired) electrons. The van der Waals surface area contributed by atoms with Gasteiger partial charge in [0.25, 0.3) is 0 Å². The average Bonchev–Trinajstić information content (AvgIpc) is 2.22. The zero-order valence-electron chi connectivity index (χ0n) is 10.6. The maximum Gasteiger partial charge on any atom is 1.00 e. The standard InChI is InChI=1S/C7H16.C6H11.Li/c1-3-5-7-6-4-2;1-2-4-6-5-3-1;/h3-7H2,1-2H3;1H,2-6H2;/q;-1;+1. The van der Waals surface area contributed by atoms with Gasteiger partial charge in [-0.15, -0.1) is 0 Å². The Morgan fingerprint density at radius 1 is 0.786 bits per heavy atom. The molecule has 1 heteroatoms. The molecule has 0 unspecified atom stereocenters. The summed E-state index contributed by atoms with van der Waals surface area (Å²) in [5.41, 5.74) is 0. The van der Waals surface area contributed by atoms with E-state index in [0.29, 0.717) is 0 Å². The van der Waals surface area contributed by atoms with Crippen molar-refractivity contribution in [2.75, 3.05) is 0 Å². The van der Waals surface area contributed by atoms with Gasteiger partial charge in [-0.3, -0.25) is 0 Å². The van der Waals surface area contributed by atoms with Crippen molar-refractivity contribution in [3.05, 3.63) is 6.42 Å². The third kappa shape index (κ3) is 15.1. The quantitative estimate of drug-likeness (QED) is 0.362. The fourth-order valence-electron chi connectivity index (χ4n) is 1.58. The minimum absolute atomic E-state index is 0. The zero-order chi connectivity index (χ0) is 9.78. The number of hydrogen-bond acceptors (Lipinski definition) is 0. The molecular formula is C13H27Li. The summed E-state index contributed by atoms with van der Waals surface area (Å²) in [6, 6.07) is 0. The average molecular weight is 190 g/mol. The first kappa shape index (κ1) is 17.0. The van der Waals surface area contributed by atoms with Crippen molar-refractivity contribution in [1.82, 2.24) is 0 Å². The number of rotatable bonds is 4. The second kappa shape index (κ2) is 16.0. The van der Waals surface area contributed by atoms with E-state index in [4.69, 9.17) is 0 Å². The van der Waals surface area contributed by atoms with Crippen LogP contribution in [0.4, 0.5) is 0 Å². The van der Waals surface area contributed by atoms with Gasteiger partial charge < -0.3 is 6.42 Å². The molecule has 0 N–H and O–H groups in total. The van der Waals surface area contributed by atoms with Crippen LogP contribution in [0.1, 0.15) is 78.1 Å². The van der Waals surface area contributed by atoms with Crippen molar-refractivity contribution in [3.8, 4) is 0 Å². The summed E-state index contributed by atoms with van der Waals surface area (Å²) >= 11 is 0. The molecule has 1 saturated carbocycles. The summed E-state index contributed by atoms with van der Waals surface area (Å²) in [4.78, 5) is 0. The third-order valence-corrected chi connectivity index (χ3v) is 2.52. The normalized spacial score (nSPS) is 15.0. The van der Waals surface area contributed by atoms with Gasteiger partial charge in [-0.05, 0) is 0 Å². The molecule has 0 aromatic rings. The van der Waals surface area contributed by atoms with Crippen LogP contribution in [-0.4, -0.2) is 0 Å². The van der Waals surface area contributed by atoms with Crippen LogP contribution < -0.4 is 18.9 Å². The molecule has 0 aromatic carbocycles. The maximum atomic E-state index is 2.39. The van der Waals surface area contributed by atoms with E-state index in [1.807, 2.05) is 0 Å². The Morgan fingerprint density at radius 3 is 1.50 bits per heavy atom. The summed E-state index contributed by atoms with van der Waals surface area (Å²) in [6.45, 7) is 4.49. The van der Waals surface area contributed by atoms with Crippen LogP contribution in [-0.2, 0) is 0 Å². The second-order valence-corrected chi connectivity index (χ2v) is 3.99. The molecule has 0 heterocycles. The van der Waals surface area contributed by atoms with Crippen LogP contribution in [0.15, 0.2) is 0 Å². The van der Waals surface area contributed by atoms with Crippen LogP contribution in [0.3, 0.4) is 0 Å². The zero-order valence-corrected chi connectivity index (χ0v) is 10.6. The predicted molar refractivity (Wildman–Crippen MR) is 61.8 cm³/mol. The molecule has 1 aliphatic carbocycles. The Bertz CT molecular complexity index is 61.8. The summed E-state index contributed by atoms with van der Waals surface area (Å²) < 4.78 is 0. The molecule has 0 nitrogen and oxygen atoms in total. The summed E-state index contributed by atoms with van der Waals surface area (Å²) in [5.74, 6) is 0. The van der Waals surface area contributed by atoms with Gasteiger partial charge in [0, 0.05) is 0 Å². The van der Waals surface area contributed by atoms with E-state index in [1.54, 1.807) is 0 Å². The molecule has 80 valence electrons. The Kier molecular flexibility index (Phi) is 19.5. The Labute approximate surface area is 103 Å². The van der Waals surface area contributed by atoms with Crippen molar-refractivity contribution in [1.29, 1.82) is 0 Å².